The summed E-state index contributed by atoms with van der Waals surface area (Å²) in [6.45, 7) is 8.45. The first-order valence-corrected chi connectivity index (χ1v) is 13.0. The van der Waals surface area contributed by atoms with E-state index < -0.39 is 0 Å². The number of hydrogen-bond acceptors (Lipinski definition) is 6. The van der Waals surface area contributed by atoms with Crippen LogP contribution >= 0.6 is 0 Å². The Morgan fingerprint density at radius 3 is 2.59 bits per heavy atom. The maximum absolute atomic E-state index is 10.0. The predicted octanol–water partition coefficient (Wildman–Crippen LogP) is 4.19. The number of anilines is 1. The van der Waals surface area contributed by atoms with Gasteiger partial charge in [0.25, 0.3) is 0 Å². The number of nitrogens with one attached hydrogen (secondary N) is 2. The molecule has 2 fully saturated rings. The molecule has 1 aliphatic carbocycles. The number of piperazine rings is 1. The lowest BCUT2D eigenvalue weighted by Crippen LogP contribution is -2.42. The van der Waals surface area contributed by atoms with E-state index in [0.717, 1.165) is 88.8 Å². The number of rotatable bonds is 8. The molecule has 3 heterocycles. The Balaban J connectivity index is 1.43. The highest BCUT2D eigenvalue weighted by atomic mass is 16.3. The first kappa shape index (κ1) is 23.3. The Bertz CT molecular complexity index is 1060. The van der Waals surface area contributed by atoms with Crippen molar-refractivity contribution in [3.05, 3.63) is 42.2 Å². The summed E-state index contributed by atoms with van der Waals surface area (Å²) >= 11 is 0. The lowest BCUT2D eigenvalue weighted by atomic mass is 9.93. The van der Waals surface area contributed by atoms with Gasteiger partial charge in [0.15, 0.2) is 0 Å². The van der Waals surface area contributed by atoms with Gasteiger partial charge in [0.1, 0.15) is 5.65 Å². The minimum Gasteiger partial charge on any atom is -0.393 e. The minimum absolute atomic E-state index is 0.165. The number of benzene rings is 1. The molecule has 1 saturated heterocycles. The highest BCUT2D eigenvalue weighted by Crippen LogP contribution is 2.36. The number of nitrogens with zero attached hydrogens (tertiary/aromatic N) is 4. The predicted molar refractivity (Wildman–Crippen MR) is 138 cm³/mol. The zero-order chi connectivity index (χ0) is 23.3. The quantitative estimate of drug-likeness (QED) is 0.436. The van der Waals surface area contributed by atoms with E-state index in [1.165, 1.54) is 16.7 Å². The summed E-state index contributed by atoms with van der Waals surface area (Å²) in [5.74, 6) is 0.703. The minimum atomic E-state index is -0.165. The maximum Gasteiger partial charge on any atom is 0.224 e. The zero-order valence-electron chi connectivity index (χ0n) is 20.3. The maximum atomic E-state index is 10.0. The third-order valence-electron chi connectivity index (χ3n) is 7.33. The molecule has 1 saturated carbocycles. The van der Waals surface area contributed by atoms with Crippen molar-refractivity contribution >= 4 is 17.0 Å². The summed E-state index contributed by atoms with van der Waals surface area (Å²) in [6.07, 6.45) is 10.0. The highest BCUT2D eigenvalue weighted by Gasteiger charge is 2.24. The van der Waals surface area contributed by atoms with Crippen LogP contribution in [0.5, 0.6) is 0 Å². The van der Waals surface area contributed by atoms with E-state index in [4.69, 9.17) is 4.98 Å². The van der Waals surface area contributed by atoms with Gasteiger partial charge < -0.3 is 20.3 Å². The van der Waals surface area contributed by atoms with Crippen LogP contribution in [0.2, 0.25) is 0 Å². The molecule has 0 unspecified atom stereocenters. The first-order valence-electron chi connectivity index (χ1n) is 13.0. The summed E-state index contributed by atoms with van der Waals surface area (Å²) < 4.78 is 2.35. The average molecular weight is 463 g/mol. The normalized spacial score (nSPS) is 21.7. The molecule has 2 aromatic heterocycles. The largest absolute Gasteiger partial charge is 0.393 e. The summed E-state index contributed by atoms with van der Waals surface area (Å²) in [5.41, 5.74) is 4.75. The van der Waals surface area contributed by atoms with Crippen LogP contribution in [-0.2, 0) is 6.54 Å². The number of aliphatic hydroxyl groups excluding tert-OH is 1. The fraction of sp³-hybridized carbons (Fsp3) is 0.556. The Morgan fingerprint density at radius 1 is 1.09 bits per heavy atom. The van der Waals surface area contributed by atoms with E-state index in [0.29, 0.717) is 12.0 Å². The third-order valence-corrected chi connectivity index (χ3v) is 7.33. The van der Waals surface area contributed by atoms with Crippen LogP contribution in [0.4, 0.5) is 5.95 Å². The van der Waals surface area contributed by atoms with E-state index in [1.807, 2.05) is 6.20 Å². The molecule has 0 radical (unpaired) electrons. The summed E-state index contributed by atoms with van der Waals surface area (Å²) in [7, 11) is 0. The molecule has 0 atom stereocenters. The average Bonchev–Trinajstić information content (AvgIpc) is 3.25. The number of aliphatic hydroxyl groups is 1. The molecule has 34 heavy (non-hydrogen) atoms. The molecule has 7 nitrogen and oxygen atoms in total. The van der Waals surface area contributed by atoms with Gasteiger partial charge in [-0.05, 0) is 43.2 Å². The van der Waals surface area contributed by atoms with Crippen molar-refractivity contribution in [3.8, 4) is 11.1 Å². The second-order valence-electron chi connectivity index (χ2n) is 9.85. The molecule has 3 aromatic rings. The highest BCUT2D eigenvalue weighted by molar-refractivity contribution is 5.94. The fourth-order valence-electron chi connectivity index (χ4n) is 5.25. The Morgan fingerprint density at radius 2 is 1.85 bits per heavy atom. The van der Waals surface area contributed by atoms with Gasteiger partial charge in [-0.25, -0.2) is 4.98 Å². The summed E-state index contributed by atoms with van der Waals surface area (Å²) in [5, 5.41) is 17.9. The van der Waals surface area contributed by atoms with Crippen LogP contribution in [0.3, 0.4) is 0 Å². The molecule has 5 rings (SSSR count). The van der Waals surface area contributed by atoms with Crippen LogP contribution < -0.4 is 10.6 Å². The van der Waals surface area contributed by atoms with Gasteiger partial charge in [-0.3, -0.25) is 4.90 Å². The lowest BCUT2D eigenvalue weighted by molar-refractivity contribution is 0.111. The lowest BCUT2D eigenvalue weighted by Gasteiger charge is -2.27. The standard InChI is InChI=1S/C27H38N6O/c1-2-3-12-29-27-30-17-24-25(19-33(26(24)31-27)22-8-10-23(34)11-9-22)21-6-4-20(5-7-21)18-32-15-13-28-14-16-32/h4-7,17,19,22-23,28,34H,2-3,8-16,18H2,1H3,(H,29,30,31)/t22-,23-. The van der Waals surface area contributed by atoms with E-state index in [2.05, 4.69) is 62.5 Å². The van der Waals surface area contributed by atoms with Crippen LogP contribution in [-0.4, -0.2) is 63.4 Å². The molecular formula is C27H38N6O. The summed E-state index contributed by atoms with van der Waals surface area (Å²) in [6, 6.07) is 9.38. The molecule has 7 heteroatoms. The first-order chi connectivity index (χ1) is 16.7. The molecule has 182 valence electrons. The number of aromatic nitrogens is 3. The van der Waals surface area contributed by atoms with Crippen molar-refractivity contribution in [1.82, 2.24) is 24.8 Å². The second-order valence-corrected chi connectivity index (χ2v) is 9.85. The van der Waals surface area contributed by atoms with Gasteiger partial charge in [0.2, 0.25) is 5.95 Å². The fourth-order valence-corrected chi connectivity index (χ4v) is 5.25. The van der Waals surface area contributed by atoms with Crippen LogP contribution in [0.15, 0.2) is 36.7 Å². The molecule has 0 amide bonds. The number of fused-ring (bicyclic) bond motifs is 1. The van der Waals surface area contributed by atoms with Gasteiger partial charge in [-0.15, -0.1) is 0 Å². The van der Waals surface area contributed by atoms with Crippen molar-refractivity contribution in [2.24, 2.45) is 0 Å². The van der Waals surface area contributed by atoms with Crippen LogP contribution in [0.1, 0.15) is 57.1 Å². The van der Waals surface area contributed by atoms with E-state index in [9.17, 15) is 5.11 Å². The second kappa shape index (κ2) is 10.8. The van der Waals surface area contributed by atoms with Gasteiger partial charge in [0, 0.05) is 68.7 Å². The van der Waals surface area contributed by atoms with Crippen LogP contribution in [0, 0.1) is 0 Å². The molecule has 1 aliphatic heterocycles. The molecule has 1 aromatic carbocycles. The van der Waals surface area contributed by atoms with Gasteiger partial charge in [0.05, 0.1) is 6.10 Å². The van der Waals surface area contributed by atoms with E-state index >= 15 is 0 Å². The van der Waals surface area contributed by atoms with Gasteiger partial charge in [-0.2, -0.15) is 4.98 Å². The van der Waals surface area contributed by atoms with Crippen molar-refractivity contribution in [3.63, 3.8) is 0 Å². The van der Waals surface area contributed by atoms with Crippen molar-refractivity contribution in [2.75, 3.05) is 38.0 Å². The Kier molecular flexibility index (Phi) is 7.42. The molecule has 2 aliphatic rings. The molecule has 3 N–H and O–H groups in total. The van der Waals surface area contributed by atoms with Crippen molar-refractivity contribution < 1.29 is 5.11 Å². The topological polar surface area (TPSA) is 78.2 Å². The van der Waals surface area contributed by atoms with Gasteiger partial charge >= 0.3 is 0 Å². The summed E-state index contributed by atoms with van der Waals surface area (Å²) in [4.78, 5) is 12.1. The SMILES string of the molecule is CCCCNc1ncc2c(-c3ccc(CN4CCNCC4)cc3)cn([C@H]3CC[C@H](O)CC3)c2n1. The van der Waals surface area contributed by atoms with Crippen molar-refractivity contribution in [2.45, 2.75) is 64.1 Å². The third kappa shape index (κ3) is 5.27. The molecule has 0 bridgehead atoms. The van der Waals surface area contributed by atoms with E-state index in [-0.39, 0.29) is 6.10 Å². The Hall–Kier alpha value is -2.48. The van der Waals surface area contributed by atoms with Crippen LogP contribution in [0.25, 0.3) is 22.2 Å². The molecular weight excluding hydrogens is 424 g/mol. The van der Waals surface area contributed by atoms with E-state index in [1.54, 1.807) is 0 Å². The monoisotopic (exact) mass is 462 g/mol. The Labute approximate surface area is 202 Å². The number of hydrogen-bond donors (Lipinski definition) is 3. The smallest absolute Gasteiger partial charge is 0.224 e. The number of unbranched alkanes of at least 4 members (excludes halogenated alkanes) is 1. The van der Waals surface area contributed by atoms with Gasteiger partial charge in [-0.1, -0.05) is 37.6 Å². The zero-order valence-corrected chi connectivity index (χ0v) is 20.3. The molecule has 0 spiro atoms. The van der Waals surface area contributed by atoms with Crippen molar-refractivity contribution in [1.29, 1.82) is 0 Å².